The quantitative estimate of drug-likeness (QED) is 0.798. The average molecular weight is 258 g/mol. The maximum atomic E-state index is 12.9. The van der Waals surface area contributed by atoms with E-state index in [1.165, 1.54) is 12.1 Å². The SMILES string of the molecule is CC1(c2ccccc2C(F)(F)F)CCNC(=O)N1. The number of benzene rings is 1. The van der Waals surface area contributed by atoms with Gasteiger partial charge in [0, 0.05) is 6.54 Å². The second-order valence-electron chi connectivity index (χ2n) is 4.51. The summed E-state index contributed by atoms with van der Waals surface area (Å²) in [7, 11) is 0. The highest BCUT2D eigenvalue weighted by Crippen LogP contribution is 2.38. The van der Waals surface area contributed by atoms with Gasteiger partial charge in [0.05, 0.1) is 11.1 Å². The Bertz CT molecular complexity index is 473. The van der Waals surface area contributed by atoms with E-state index in [4.69, 9.17) is 0 Å². The lowest BCUT2D eigenvalue weighted by Gasteiger charge is -2.37. The Morgan fingerprint density at radius 3 is 2.56 bits per heavy atom. The minimum atomic E-state index is -4.42. The Kier molecular flexibility index (Phi) is 2.96. The van der Waals surface area contributed by atoms with E-state index < -0.39 is 23.3 Å². The Hall–Kier alpha value is -1.72. The number of nitrogens with one attached hydrogen (secondary N) is 2. The summed E-state index contributed by atoms with van der Waals surface area (Å²) < 4.78 is 38.8. The molecule has 2 amide bonds. The zero-order valence-corrected chi connectivity index (χ0v) is 9.77. The monoisotopic (exact) mass is 258 g/mol. The summed E-state index contributed by atoms with van der Waals surface area (Å²) >= 11 is 0. The highest BCUT2D eigenvalue weighted by molar-refractivity contribution is 5.76. The number of amides is 2. The van der Waals surface area contributed by atoms with Crippen molar-refractivity contribution in [3.05, 3.63) is 35.4 Å². The molecule has 1 atom stereocenters. The maximum absolute atomic E-state index is 12.9. The highest BCUT2D eigenvalue weighted by atomic mass is 19.4. The van der Waals surface area contributed by atoms with Crippen molar-refractivity contribution >= 4 is 6.03 Å². The molecule has 98 valence electrons. The van der Waals surface area contributed by atoms with Gasteiger partial charge in [-0.3, -0.25) is 0 Å². The van der Waals surface area contributed by atoms with Crippen molar-refractivity contribution in [1.29, 1.82) is 0 Å². The first-order valence-corrected chi connectivity index (χ1v) is 5.56. The molecule has 1 aromatic rings. The molecule has 1 aliphatic heterocycles. The molecular formula is C12H13F3N2O. The maximum Gasteiger partial charge on any atom is 0.416 e. The fraction of sp³-hybridized carbons (Fsp3) is 0.417. The Labute approximate surface area is 102 Å². The molecule has 3 nitrogen and oxygen atoms in total. The molecule has 2 rings (SSSR count). The lowest BCUT2D eigenvalue weighted by Crippen LogP contribution is -2.55. The van der Waals surface area contributed by atoms with E-state index in [1.807, 2.05) is 0 Å². The lowest BCUT2D eigenvalue weighted by atomic mass is 9.84. The summed E-state index contributed by atoms with van der Waals surface area (Å²) in [5.74, 6) is 0. The molecule has 0 aromatic heterocycles. The molecule has 0 spiro atoms. The topological polar surface area (TPSA) is 41.1 Å². The summed E-state index contributed by atoms with van der Waals surface area (Å²) in [5.41, 5.74) is -1.59. The number of rotatable bonds is 1. The van der Waals surface area contributed by atoms with Crippen LogP contribution in [0.5, 0.6) is 0 Å². The highest BCUT2D eigenvalue weighted by Gasteiger charge is 2.41. The van der Waals surface area contributed by atoms with Crippen LogP contribution in [0.3, 0.4) is 0 Å². The second kappa shape index (κ2) is 4.19. The third-order valence-corrected chi connectivity index (χ3v) is 3.13. The fourth-order valence-corrected chi connectivity index (χ4v) is 2.20. The van der Waals surface area contributed by atoms with Crippen LogP contribution in [-0.2, 0) is 11.7 Å². The molecule has 0 saturated carbocycles. The summed E-state index contributed by atoms with van der Waals surface area (Å²) in [5, 5.41) is 5.11. The van der Waals surface area contributed by atoms with E-state index in [-0.39, 0.29) is 5.56 Å². The third-order valence-electron chi connectivity index (χ3n) is 3.13. The van der Waals surface area contributed by atoms with Crippen molar-refractivity contribution in [1.82, 2.24) is 10.6 Å². The van der Waals surface area contributed by atoms with Gasteiger partial charge >= 0.3 is 12.2 Å². The van der Waals surface area contributed by atoms with Gasteiger partial charge in [0.1, 0.15) is 0 Å². The van der Waals surface area contributed by atoms with Gasteiger partial charge in [0.15, 0.2) is 0 Å². The van der Waals surface area contributed by atoms with Gasteiger partial charge < -0.3 is 10.6 Å². The van der Waals surface area contributed by atoms with Crippen LogP contribution in [0.25, 0.3) is 0 Å². The van der Waals surface area contributed by atoms with Gasteiger partial charge in [-0.25, -0.2) is 4.79 Å². The van der Waals surface area contributed by atoms with Crippen LogP contribution in [0.1, 0.15) is 24.5 Å². The standard InChI is InChI=1S/C12H13F3N2O/c1-11(6-7-16-10(18)17-11)8-4-2-3-5-9(8)12(13,14)15/h2-5H,6-7H2,1H3,(H2,16,17,18). The molecule has 6 heteroatoms. The number of urea groups is 1. The Morgan fingerprint density at radius 1 is 1.28 bits per heavy atom. The first-order chi connectivity index (χ1) is 8.33. The van der Waals surface area contributed by atoms with Gasteiger partial charge in [-0.15, -0.1) is 0 Å². The van der Waals surface area contributed by atoms with Crippen LogP contribution in [0.2, 0.25) is 0 Å². The summed E-state index contributed by atoms with van der Waals surface area (Å²) in [6.45, 7) is 1.96. The zero-order chi connectivity index (χ0) is 13.4. The third kappa shape index (κ3) is 2.27. The van der Waals surface area contributed by atoms with Gasteiger partial charge in [-0.05, 0) is 25.0 Å². The summed E-state index contributed by atoms with van der Waals surface area (Å²) in [4.78, 5) is 11.3. The van der Waals surface area contributed by atoms with Crippen molar-refractivity contribution in [2.45, 2.75) is 25.1 Å². The van der Waals surface area contributed by atoms with E-state index in [9.17, 15) is 18.0 Å². The molecule has 1 fully saturated rings. The first kappa shape index (κ1) is 12.7. The number of carbonyl (C=O) groups excluding carboxylic acids is 1. The lowest BCUT2D eigenvalue weighted by molar-refractivity contribution is -0.139. The molecule has 1 saturated heterocycles. The van der Waals surface area contributed by atoms with Gasteiger partial charge in [-0.1, -0.05) is 18.2 Å². The minimum Gasteiger partial charge on any atom is -0.338 e. The summed E-state index contributed by atoms with van der Waals surface area (Å²) in [6, 6.07) is 4.90. The minimum absolute atomic E-state index is 0.104. The molecule has 1 aromatic carbocycles. The molecule has 2 N–H and O–H groups in total. The van der Waals surface area contributed by atoms with Crippen molar-refractivity contribution in [2.24, 2.45) is 0 Å². The van der Waals surface area contributed by atoms with E-state index in [0.717, 1.165) is 6.07 Å². The van der Waals surface area contributed by atoms with Crippen LogP contribution < -0.4 is 10.6 Å². The number of carbonyl (C=O) groups is 1. The fourth-order valence-electron chi connectivity index (χ4n) is 2.20. The molecule has 0 bridgehead atoms. The van der Waals surface area contributed by atoms with E-state index in [1.54, 1.807) is 13.0 Å². The zero-order valence-electron chi connectivity index (χ0n) is 9.77. The normalized spacial score (nSPS) is 24.3. The van der Waals surface area contributed by atoms with Crippen LogP contribution >= 0.6 is 0 Å². The van der Waals surface area contributed by atoms with E-state index in [2.05, 4.69) is 10.6 Å². The summed E-state index contributed by atoms with van der Waals surface area (Å²) in [6.07, 6.45) is -4.01. The molecule has 0 aliphatic carbocycles. The molecule has 1 heterocycles. The van der Waals surface area contributed by atoms with Crippen molar-refractivity contribution in [3.63, 3.8) is 0 Å². The van der Waals surface area contributed by atoms with Crippen molar-refractivity contribution in [3.8, 4) is 0 Å². The molecule has 0 radical (unpaired) electrons. The average Bonchev–Trinajstić information content (AvgIpc) is 2.27. The molecule has 1 unspecified atom stereocenters. The second-order valence-corrected chi connectivity index (χ2v) is 4.51. The predicted molar refractivity (Wildman–Crippen MR) is 59.9 cm³/mol. The van der Waals surface area contributed by atoms with E-state index >= 15 is 0 Å². The number of alkyl halides is 3. The van der Waals surface area contributed by atoms with Gasteiger partial charge in [-0.2, -0.15) is 13.2 Å². The van der Waals surface area contributed by atoms with Crippen molar-refractivity contribution < 1.29 is 18.0 Å². The molecule has 18 heavy (non-hydrogen) atoms. The van der Waals surface area contributed by atoms with Crippen LogP contribution in [0.4, 0.5) is 18.0 Å². The molecule has 1 aliphatic rings. The van der Waals surface area contributed by atoms with Crippen LogP contribution in [-0.4, -0.2) is 12.6 Å². The molecular weight excluding hydrogens is 245 g/mol. The number of hydrogen-bond acceptors (Lipinski definition) is 1. The van der Waals surface area contributed by atoms with Crippen LogP contribution in [0, 0.1) is 0 Å². The Balaban J connectivity index is 2.47. The number of halogens is 3. The Morgan fingerprint density at radius 2 is 1.94 bits per heavy atom. The smallest absolute Gasteiger partial charge is 0.338 e. The largest absolute Gasteiger partial charge is 0.416 e. The van der Waals surface area contributed by atoms with Crippen LogP contribution in [0.15, 0.2) is 24.3 Å². The number of hydrogen-bond donors (Lipinski definition) is 2. The van der Waals surface area contributed by atoms with Crippen molar-refractivity contribution in [2.75, 3.05) is 6.54 Å². The van der Waals surface area contributed by atoms with Gasteiger partial charge in [0.25, 0.3) is 0 Å². The predicted octanol–water partition coefficient (Wildman–Crippen LogP) is 2.62. The first-order valence-electron chi connectivity index (χ1n) is 5.56. The van der Waals surface area contributed by atoms with Gasteiger partial charge in [0.2, 0.25) is 0 Å². The van der Waals surface area contributed by atoms with E-state index in [0.29, 0.717) is 13.0 Å².